The first-order valence-electron chi connectivity index (χ1n) is 12.1. The number of hydrogen-bond acceptors (Lipinski definition) is 0. The lowest BCUT2D eigenvalue weighted by molar-refractivity contribution is 0.821. The fraction of sp³-hybridized carbons (Fsp3) is 0.200. The molecule has 7 aromatic rings. The van der Waals surface area contributed by atoms with E-state index in [4.69, 9.17) is 0 Å². The highest BCUT2D eigenvalue weighted by atomic mass is 15.0. The number of benzene rings is 4. The zero-order valence-electron chi connectivity index (χ0n) is 19.4. The molecule has 0 atom stereocenters. The fourth-order valence-corrected chi connectivity index (χ4v) is 6.39. The van der Waals surface area contributed by atoms with Crippen LogP contribution >= 0.6 is 0 Å². The van der Waals surface area contributed by atoms with Crippen molar-refractivity contribution in [3.63, 3.8) is 0 Å². The second-order valence-corrected chi connectivity index (χ2v) is 8.96. The van der Waals surface area contributed by atoms with Gasteiger partial charge in [-0.15, -0.1) is 0 Å². The van der Waals surface area contributed by atoms with Gasteiger partial charge in [-0.1, -0.05) is 54.6 Å². The summed E-state index contributed by atoms with van der Waals surface area (Å²) in [5.74, 6) is 0. The van der Waals surface area contributed by atoms with Crippen LogP contribution in [0.5, 0.6) is 0 Å². The summed E-state index contributed by atoms with van der Waals surface area (Å²) in [5.41, 5.74) is 8.10. The van der Waals surface area contributed by atoms with Crippen LogP contribution in [-0.4, -0.2) is 13.7 Å². The Morgan fingerprint density at radius 3 is 0.970 bits per heavy atom. The largest absolute Gasteiger partial charge is 0.340 e. The van der Waals surface area contributed by atoms with Crippen LogP contribution in [0.25, 0.3) is 65.4 Å². The highest BCUT2D eigenvalue weighted by Gasteiger charge is 2.26. The Bertz CT molecular complexity index is 1620. The van der Waals surface area contributed by atoms with Crippen LogP contribution in [0.3, 0.4) is 0 Å². The second kappa shape index (κ2) is 6.64. The van der Waals surface area contributed by atoms with Crippen molar-refractivity contribution in [3.8, 4) is 0 Å². The van der Waals surface area contributed by atoms with Crippen molar-refractivity contribution in [2.45, 2.75) is 40.4 Å². The number of para-hydroxylation sites is 3. The van der Waals surface area contributed by atoms with E-state index in [0.717, 1.165) is 19.6 Å². The van der Waals surface area contributed by atoms with Crippen molar-refractivity contribution >= 4 is 65.4 Å². The molecule has 0 spiro atoms. The molecule has 0 aliphatic heterocycles. The predicted molar refractivity (Wildman–Crippen MR) is 142 cm³/mol. The number of nitrogens with zero attached hydrogens (tertiary/aromatic N) is 3. The van der Waals surface area contributed by atoms with Crippen molar-refractivity contribution in [3.05, 3.63) is 72.8 Å². The molecule has 4 aromatic carbocycles. The molecule has 0 N–H and O–H groups in total. The first-order chi connectivity index (χ1) is 16.3. The van der Waals surface area contributed by atoms with Gasteiger partial charge in [0.05, 0.1) is 16.6 Å². The van der Waals surface area contributed by atoms with Crippen molar-refractivity contribution < 1.29 is 0 Å². The fourth-order valence-electron chi connectivity index (χ4n) is 6.39. The lowest BCUT2D eigenvalue weighted by Gasteiger charge is -2.10. The molecule has 3 nitrogen and oxygen atoms in total. The minimum atomic E-state index is 0.947. The van der Waals surface area contributed by atoms with Crippen LogP contribution in [0.2, 0.25) is 0 Å². The first kappa shape index (κ1) is 18.8. The van der Waals surface area contributed by atoms with Crippen molar-refractivity contribution in [1.82, 2.24) is 13.7 Å². The van der Waals surface area contributed by atoms with Crippen LogP contribution in [0.15, 0.2) is 72.8 Å². The van der Waals surface area contributed by atoms with Gasteiger partial charge in [0.1, 0.15) is 0 Å². The monoisotopic (exact) mass is 429 g/mol. The van der Waals surface area contributed by atoms with Crippen molar-refractivity contribution in [1.29, 1.82) is 0 Å². The molecule has 0 saturated heterocycles. The van der Waals surface area contributed by atoms with Crippen molar-refractivity contribution in [2.75, 3.05) is 0 Å². The zero-order valence-corrected chi connectivity index (χ0v) is 19.4. The average Bonchev–Trinajstić information content (AvgIpc) is 3.48. The molecule has 0 radical (unpaired) electrons. The Morgan fingerprint density at radius 2 is 0.697 bits per heavy atom. The maximum Gasteiger partial charge on any atom is 0.0614 e. The van der Waals surface area contributed by atoms with E-state index in [9.17, 15) is 0 Å². The molecule has 0 aliphatic carbocycles. The van der Waals surface area contributed by atoms with Gasteiger partial charge in [0.2, 0.25) is 0 Å². The standard InChI is InChI=1S/C30H27N3/c1-4-31-22-16-10-7-13-19(22)25-28(31)26-20-14-8-11-17-23(20)32(5-2)30(26)27-21-15-9-12-18-24(21)33(6-3)29(25)27/h7-18H,4-6H2,1-3H3. The van der Waals surface area contributed by atoms with Gasteiger partial charge in [0, 0.05) is 68.5 Å². The summed E-state index contributed by atoms with van der Waals surface area (Å²) in [5, 5.41) is 8.25. The van der Waals surface area contributed by atoms with Gasteiger partial charge in [0.15, 0.2) is 0 Å². The third kappa shape index (κ3) is 2.15. The maximum atomic E-state index is 2.54. The predicted octanol–water partition coefficient (Wildman–Crippen LogP) is 8.07. The molecule has 0 amide bonds. The van der Waals surface area contributed by atoms with Crippen LogP contribution in [-0.2, 0) is 19.6 Å². The second-order valence-electron chi connectivity index (χ2n) is 8.96. The third-order valence-electron chi connectivity index (χ3n) is 7.57. The minimum Gasteiger partial charge on any atom is -0.340 e. The van der Waals surface area contributed by atoms with E-state index >= 15 is 0 Å². The quantitative estimate of drug-likeness (QED) is 0.270. The van der Waals surface area contributed by atoms with E-state index in [2.05, 4.69) is 107 Å². The Hall–Kier alpha value is -3.72. The third-order valence-corrected chi connectivity index (χ3v) is 7.57. The van der Waals surface area contributed by atoms with Gasteiger partial charge >= 0.3 is 0 Å². The molecular formula is C30H27N3. The number of aryl methyl sites for hydroxylation is 3. The molecule has 3 aromatic heterocycles. The Balaban J connectivity index is 2.00. The van der Waals surface area contributed by atoms with E-state index in [-0.39, 0.29) is 0 Å². The lowest BCUT2D eigenvalue weighted by Crippen LogP contribution is -1.98. The van der Waals surface area contributed by atoms with Gasteiger partial charge in [-0.05, 0) is 39.0 Å². The topological polar surface area (TPSA) is 14.8 Å². The first-order valence-corrected chi connectivity index (χ1v) is 12.1. The molecule has 0 bridgehead atoms. The van der Waals surface area contributed by atoms with E-state index in [1.54, 1.807) is 0 Å². The molecule has 7 rings (SSSR count). The number of rotatable bonds is 3. The summed E-state index contributed by atoms with van der Waals surface area (Å²) in [6, 6.07) is 26.9. The summed E-state index contributed by atoms with van der Waals surface area (Å²) in [7, 11) is 0. The van der Waals surface area contributed by atoms with E-state index in [1.807, 2.05) is 0 Å². The van der Waals surface area contributed by atoms with Gasteiger partial charge in [-0.25, -0.2) is 0 Å². The minimum absolute atomic E-state index is 0.947. The summed E-state index contributed by atoms with van der Waals surface area (Å²) >= 11 is 0. The van der Waals surface area contributed by atoms with Crippen molar-refractivity contribution in [2.24, 2.45) is 0 Å². The van der Waals surface area contributed by atoms with Gasteiger partial charge < -0.3 is 13.7 Å². The summed E-state index contributed by atoms with van der Waals surface area (Å²) in [6.07, 6.45) is 0. The van der Waals surface area contributed by atoms with Crippen LogP contribution in [0, 0.1) is 0 Å². The number of hydrogen-bond donors (Lipinski definition) is 0. The molecule has 0 fully saturated rings. The summed E-state index contributed by atoms with van der Waals surface area (Å²) in [4.78, 5) is 0. The Kier molecular flexibility index (Phi) is 3.79. The molecule has 162 valence electrons. The van der Waals surface area contributed by atoms with E-state index < -0.39 is 0 Å². The lowest BCUT2D eigenvalue weighted by atomic mass is 10.0. The van der Waals surface area contributed by atoms with Crippen LogP contribution in [0.1, 0.15) is 20.8 Å². The van der Waals surface area contributed by atoms with Gasteiger partial charge in [-0.3, -0.25) is 0 Å². The highest BCUT2D eigenvalue weighted by Crippen LogP contribution is 2.47. The SMILES string of the molecule is CCn1c2ccccc2c2c1c1c3ccccc3n(CC)c1c1c3ccccc3n(CC)c21. The summed E-state index contributed by atoms with van der Waals surface area (Å²) in [6.45, 7) is 9.66. The average molecular weight is 430 g/mol. The number of aromatic nitrogens is 3. The summed E-state index contributed by atoms with van der Waals surface area (Å²) < 4.78 is 7.61. The normalized spacial score (nSPS) is 12.5. The molecule has 3 heteroatoms. The molecule has 0 saturated carbocycles. The Morgan fingerprint density at radius 1 is 0.424 bits per heavy atom. The van der Waals surface area contributed by atoms with Gasteiger partial charge in [0.25, 0.3) is 0 Å². The van der Waals surface area contributed by atoms with Gasteiger partial charge in [-0.2, -0.15) is 0 Å². The molecule has 33 heavy (non-hydrogen) atoms. The van der Waals surface area contributed by atoms with Crippen LogP contribution < -0.4 is 0 Å². The number of fused-ring (bicyclic) bond motifs is 12. The van der Waals surface area contributed by atoms with Crippen LogP contribution in [0.4, 0.5) is 0 Å². The molecule has 0 aliphatic rings. The smallest absolute Gasteiger partial charge is 0.0614 e. The zero-order chi connectivity index (χ0) is 22.3. The molecule has 3 heterocycles. The highest BCUT2D eigenvalue weighted by molar-refractivity contribution is 6.39. The van der Waals surface area contributed by atoms with E-state index in [0.29, 0.717) is 0 Å². The molecular weight excluding hydrogens is 402 g/mol. The van der Waals surface area contributed by atoms with E-state index in [1.165, 1.54) is 65.4 Å². The Labute approximate surface area is 192 Å². The maximum absolute atomic E-state index is 2.54. The molecule has 0 unspecified atom stereocenters.